The van der Waals surface area contributed by atoms with Gasteiger partial charge in [-0.1, -0.05) is 59.6 Å². The molecule has 1 N–H and O–H groups in total. The lowest BCUT2D eigenvalue weighted by atomic mass is 9.98. The standard InChI is InChI=1S/C32H38Cl2N4O2/c1-22(2)35-32(40)26-13-9-24(10-14-26)23-7-11-25(12-8-23)30(20-38-17-5-6-18-38)37(4)31(39)21-36(3)27-15-16-28(33)29(34)19-27/h7-16,19,22,30H,5-6,17-18,20-21H2,1-4H3,(H,35,40). The van der Waals surface area contributed by atoms with Crippen LogP contribution in [0.1, 0.15) is 48.7 Å². The molecule has 4 rings (SSSR count). The average molecular weight is 582 g/mol. The molecular formula is C32H38Cl2N4O2. The van der Waals surface area contributed by atoms with Crippen LogP contribution in [-0.4, -0.2) is 67.9 Å². The average Bonchev–Trinajstić information content (AvgIpc) is 3.46. The summed E-state index contributed by atoms with van der Waals surface area (Å²) in [6.45, 7) is 7.01. The first-order valence-electron chi connectivity index (χ1n) is 13.8. The molecule has 1 saturated heterocycles. The molecule has 40 heavy (non-hydrogen) atoms. The number of nitrogens with zero attached hydrogens (tertiary/aromatic N) is 3. The Morgan fingerprint density at radius 2 is 1.48 bits per heavy atom. The number of nitrogens with one attached hydrogen (secondary N) is 1. The van der Waals surface area contributed by atoms with Gasteiger partial charge < -0.3 is 20.0 Å². The smallest absolute Gasteiger partial charge is 0.251 e. The van der Waals surface area contributed by atoms with E-state index in [0.717, 1.165) is 42.0 Å². The fourth-order valence-electron chi connectivity index (χ4n) is 5.02. The number of benzene rings is 3. The lowest BCUT2D eigenvalue weighted by Gasteiger charge is -2.33. The Hall–Kier alpha value is -3.06. The maximum atomic E-state index is 13.5. The Balaban J connectivity index is 1.50. The molecule has 1 unspecified atom stereocenters. The van der Waals surface area contributed by atoms with Gasteiger partial charge in [0.05, 0.1) is 22.6 Å². The second kappa shape index (κ2) is 13.5. The van der Waals surface area contributed by atoms with Crippen LogP contribution in [-0.2, 0) is 4.79 Å². The summed E-state index contributed by atoms with van der Waals surface area (Å²) in [5, 5.41) is 3.88. The third-order valence-electron chi connectivity index (χ3n) is 7.40. The maximum Gasteiger partial charge on any atom is 0.251 e. The van der Waals surface area contributed by atoms with Gasteiger partial charge in [-0.05, 0) is 86.8 Å². The van der Waals surface area contributed by atoms with Gasteiger partial charge in [-0.25, -0.2) is 0 Å². The van der Waals surface area contributed by atoms with Crippen LogP contribution >= 0.6 is 23.2 Å². The van der Waals surface area contributed by atoms with Gasteiger partial charge in [0.25, 0.3) is 5.91 Å². The highest BCUT2D eigenvalue weighted by Crippen LogP contribution is 2.29. The van der Waals surface area contributed by atoms with Gasteiger partial charge in [-0.3, -0.25) is 9.59 Å². The lowest BCUT2D eigenvalue weighted by Crippen LogP contribution is -2.42. The van der Waals surface area contributed by atoms with Crippen molar-refractivity contribution < 1.29 is 9.59 Å². The van der Waals surface area contributed by atoms with E-state index in [-0.39, 0.29) is 30.4 Å². The molecule has 8 heteroatoms. The molecule has 1 aliphatic rings. The quantitative estimate of drug-likeness (QED) is 0.296. The molecular weight excluding hydrogens is 543 g/mol. The summed E-state index contributed by atoms with van der Waals surface area (Å²) >= 11 is 12.3. The molecule has 0 spiro atoms. The van der Waals surface area contributed by atoms with Crippen LogP contribution in [0.3, 0.4) is 0 Å². The van der Waals surface area contributed by atoms with E-state index in [1.54, 1.807) is 12.1 Å². The van der Waals surface area contributed by atoms with Crippen LogP contribution in [0.4, 0.5) is 5.69 Å². The van der Waals surface area contributed by atoms with Crippen LogP contribution in [0, 0.1) is 0 Å². The topological polar surface area (TPSA) is 55.9 Å². The number of anilines is 1. The number of rotatable bonds is 10. The molecule has 0 aliphatic carbocycles. The Morgan fingerprint density at radius 3 is 2.05 bits per heavy atom. The van der Waals surface area contributed by atoms with Gasteiger partial charge in [-0.15, -0.1) is 0 Å². The van der Waals surface area contributed by atoms with Crippen molar-refractivity contribution in [2.45, 2.75) is 38.8 Å². The summed E-state index contributed by atoms with van der Waals surface area (Å²) in [7, 11) is 3.77. The van der Waals surface area contributed by atoms with Gasteiger partial charge in [-0.2, -0.15) is 0 Å². The molecule has 1 atom stereocenters. The fourth-order valence-corrected chi connectivity index (χ4v) is 5.31. The van der Waals surface area contributed by atoms with E-state index in [1.165, 1.54) is 12.8 Å². The first-order chi connectivity index (χ1) is 19.1. The number of likely N-dealkylation sites (tertiary alicyclic amines) is 1. The van der Waals surface area contributed by atoms with Crippen LogP contribution in [0.15, 0.2) is 66.7 Å². The van der Waals surface area contributed by atoms with Gasteiger partial charge >= 0.3 is 0 Å². The maximum absolute atomic E-state index is 13.5. The number of amides is 2. The van der Waals surface area contributed by atoms with E-state index in [4.69, 9.17) is 23.2 Å². The van der Waals surface area contributed by atoms with Crippen LogP contribution in [0.2, 0.25) is 10.0 Å². The van der Waals surface area contributed by atoms with Gasteiger partial charge in [0.1, 0.15) is 0 Å². The lowest BCUT2D eigenvalue weighted by molar-refractivity contribution is -0.131. The first-order valence-corrected chi connectivity index (χ1v) is 14.5. The third-order valence-corrected chi connectivity index (χ3v) is 8.14. The van der Waals surface area contributed by atoms with E-state index in [0.29, 0.717) is 15.6 Å². The predicted molar refractivity (Wildman–Crippen MR) is 165 cm³/mol. The zero-order valence-electron chi connectivity index (χ0n) is 23.7. The number of carbonyl (C=O) groups excluding carboxylic acids is 2. The van der Waals surface area contributed by atoms with Crippen LogP contribution in [0.25, 0.3) is 11.1 Å². The first kappa shape index (κ1) is 29.9. The van der Waals surface area contributed by atoms with Gasteiger partial charge in [0, 0.05) is 37.9 Å². The molecule has 212 valence electrons. The third kappa shape index (κ3) is 7.57. The number of likely N-dealkylation sites (N-methyl/N-ethyl adjacent to an activating group) is 2. The van der Waals surface area contributed by atoms with Crippen molar-refractivity contribution in [2.24, 2.45) is 0 Å². The van der Waals surface area contributed by atoms with Crippen molar-refractivity contribution in [3.05, 3.63) is 87.9 Å². The van der Waals surface area contributed by atoms with E-state index in [1.807, 2.05) is 68.1 Å². The summed E-state index contributed by atoms with van der Waals surface area (Å²) in [6.07, 6.45) is 2.38. The number of halogens is 2. The highest BCUT2D eigenvalue weighted by atomic mass is 35.5. The molecule has 3 aromatic carbocycles. The summed E-state index contributed by atoms with van der Waals surface area (Å²) in [5.41, 5.74) is 4.68. The Morgan fingerprint density at radius 1 is 0.875 bits per heavy atom. The summed E-state index contributed by atoms with van der Waals surface area (Å²) in [4.78, 5) is 32.0. The van der Waals surface area contributed by atoms with Crippen molar-refractivity contribution in [3.63, 3.8) is 0 Å². The molecule has 1 heterocycles. The minimum absolute atomic E-state index is 0.0251. The second-order valence-electron chi connectivity index (χ2n) is 10.8. The summed E-state index contributed by atoms with van der Waals surface area (Å²) in [6, 6.07) is 21.5. The van der Waals surface area contributed by atoms with Crippen LogP contribution < -0.4 is 10.2 Å². The van der Waals surface area contributed by atoms with Gasteiger partial charge in [0.15, 0.2) is 0 Å². The fraction of sp³-hybridized carbons (Fsp3) is 0.375. The molecule has 0 bridgehead atoms. The molecule has 0 radical (unpaired) electrons. The van der Waals surface area contributed by atoms with E-state index in [9.17, 15) is 9.59 Å². The van der Waals surface area contributed by atoms with Gasteiger partial charge in [0.2, 0.25) is 5.91 Å². The number of hydrogen-bond acceptors (Lipinski definition) is 4. The second-order valence-corrected chi connectivity index (χ2v) is 11.6. The molecule has 1 fully saturated rings. The van der Waals surface area contributed by atoms with Crippen molar-refractivity contribution in [1.82, 2.24) is 15.1 Å². The SMILES string of the molecule is CC(C)NC(=O)c1ccc(-c2ccc(C(CN3CCCC3)N(C)C(=O)CN(C)c3ccc(Cl)c(Cl)c3)cc2)cc1. The molecule has 2 amide bonds. The van der Waals surface area contributed by atoms with Crippen molar-refractivity contribution in [1.29, 1.82) is 0 Å². The monoisotopic (exact) mass is 580 g/mol. The largest absolute Gasteiger partial charge is 0.365 e. The predicted octanol–water partition coefficient (Wildman–Crippen LogP) is 6.53. The zero-order valence-corrected chi connectivity index (χ0v) is 25.2. The molecule has 0 saturated carbocycles. The van der Waals surface area contributed by atoms with E-state index in [2.05, 4.69) is 34.5 Å². The number of hydrogen-bond donors (Lipinski definition) is 1. The minimum atomic E-state index is -0.0797. The minimum Gasteiger partial charge on any atom is -0.365 e. The summed E-state index contributed by atoms with van der Waals surface area (Å²) in [5.74, 6) is -0.0451. The van der Waals surface area contributed by atoms with Crippen molar-refractivity contribution in [2.75, 3.05) is 45.2 Å². The summed E-state index contributed by atoms with van der Waals surface area (Å²) < 4.78 is 0. The highest BCUT2D eigenvalue weighted by Gasteiger charge is 2.26. The normalized spacial score (nSPS) is 14.3. The zero-order chi connectivity index (χ0) is 28.8. The molecule has 3 aromatic rings. The Bertz CT molecular complexity index is 1310. The Kier molecular flexibility index (Phi) is 10.1. The van der Waals surface area contributed by atoms with Crippen molar-refractivity contribution >= 4 is 40.7 Å². The number of carbonyl (C=O) groups is 2. The van der Waals surface area contributed by atoms with E-state index >= 15 is 0 Å². The molecule has 6 nitrogen and oxygen atoms in total. The molecule has 1 aliphatic heterocycles. The highest BCUT2D eigenvalue weighted by molar-refractivity contribution is 6.42. The molecule has 0 aromatic heterocycles. The van der Waals surface area contributed by atoms with Crippen molar-refractivity contribution in [3.8, 4) is 11.1 Å². The van der Waals surface area contributed by atoms with E-state index < -0.39 is 0 Å². The van der Waals surface area contributed by atoms with Crippen LogP contribution in [0.5, 0.6) is 0 Å². The Labute approximate surface area is 247 Å².